The van der Waals surface area contributed by atoms with Crippen molar-refractivity contribution in [3.05, 3.63) is 59.7 Å². The molecule has 2 aromatic rings. The molecular weight excluding hydrogens is 284 g/mol. The molecule has 0 spiro atoms. The largest absolute Gasteiger partial charge is 0.378 e. The van der Waals surface area contributed by atoms with Gasteiger partial charge in [0.2, 0.25) is 0 Å². The van der Waals surface area contributed by atoms with E-state index >= 15 is 0 Å². The molecule has 0 amide bonds. The molecule has 1 unspecified atom stereocenters. The molecule has 0 heterocycles. The molecule has 0 aliphatic carbocycles. The summed E-state index contributed by atoms with van der Waals surface area (Å²) in [5.41, 5.74) is 0.792. The Hall–Kier alpha value is -2.61. The van der Waals surface area contributed by atoms with Crippen molar-refractivity contribution < 1.29 is 8.78 Å². The molecule has 114 valence electrons. The minimum absolute atomic E-state index is 0.0249. The normalized spacial score (nSPS) is 11.6. The predicted octanol–water partition coefficient (Wildman–Crippen LogP) is 3.77. The fourth-order valence-electron chi connectivity index (χ4n) is 2.11. The summed E-state index contributed by atoms with van der Waals surface area (Å²) in [7, 11) is 1.92. The number of benzene rings is 2. The summed E-state index contributed by atoms with van der Waals surface area (Å²) in [5, 5.41) is 11.5. The smallest absolute Gasteiger partial charge is 0.150 e. The van der Waals surface area contributed by atoms with Crippen LogP contribution in [0.1, 0.15) is 12.5 Å². The van der Waals surface area contributed by atoms with Crippen LogP contribution in [0.15, 0.2) is 42.5 Å². The second-order valence-electron chi connectivity index (χ2n) is 5.10. The minimum atomic E-state index is -0.758. The summed E-state index contributed by atoms with van der Waals surface area (Å²) < 4.78 is 27.6. The van der Waals surface area contributed by atoms with Crippen LogP contribution in [0, 0.1) is 23.0 Å². The van der Waals surface area contributed by atoms with Crippen LogP contribution in [0.4, 0.5) is 20.2 Å². The van der Waals surface area contributed by atoms with Crippen molar-refractivity contribution in [3.8, 4) is 6.07 Å². The Morgan fingerprint density at radius 1 is 1.18 bits per heavy atom. The van der Waals surface area contributed by atoms with Crippen LogP contribution >= 0.6 is 0 Å². The van der Waals surface area contributed by atoms with Gasteiger partial charge in [0.1, 0.15) is 5.69 Å². The Labute approximate surface area is 128 Å². The van der Waals surface area contributed by atoms with Crippen molar-refractivity contribution in [2.45, 2.75) is 13.0 Å². The Kier molecular flexibility index (Phi) is 4.95. The molecule has 1 atom stereocenters. The first kappa shape index (κ1) is 15.8. The third-order valence-electron chi connectivity index (χ3n) is 3.57. The van der Waals surface area contributed by atoms with E-state index in [0.717, 1.165) is 17.8 Å². The molecule has 0 aliphatic heterocycles. The number of para-hydroxylation sites is 1. The van der Waals surface area contributed by atoms with E-state index in [9.17, 15) is 8.78 Å². The SMILES string of the molecule is CC(CNc1c(F)cc(C#N)cc1F)N(C)c1ccccc1. The van der Waals surface area contributed by atoms with E-state index in [4.69, 9.17) is 5.26 Å². The fraction of sp³-hybridized carbons (Fsp3) is 0.235. The van der Waals surface area contributed by atoms with Crippen LogP contribution in [-0.2, 0) is 0 Å². The van der Waals surface area contributed by atoms with E-state index in [1.165, 1.54) is 0 Å². The highest BCUT2D eigenvalue weighted by Crippen LogP contribution is 2.21. The average Bonchev–Trinajstić information content (AvgIpc) is 2.53. The molecule has 0 saturated carbocycles. The number of nitriles is 1. The maximum atomic E-state index is 13.8. The van der Waals surface area contributed by atoms with Gasteiger partial charge < -0.3 is 10.2 Å². The third-order valence-corrected chi connectivity index (χ3v) is 3.57. The molecule has 2 aromatic carbocycles. The second-order valence-corrected chi connectivity index (χ2v) is 5.10. The zero-order valence-corrected chi connectivity index (χ0v) is 12.5. The molecule has 5 heteroatoms. The Bertz CT molecular complexity index is 657. The molecule has 3 nitrogen and oxygen atoms in total. The van der Waals surface area contributed by atoms with Gasteiger partial charge in [-0.1, -0.05) is 18.2 Å². The van der Waals surface area contributed by atoms with Gasteiger partial charge >= 0.3 is 0 Å². The molecule has 0 fully saturated rings. The minimum Gasteiger partial charge on any atom is -0.378 e. The highest BCUT2D eigenvalue weighted by atomic mass is 19.1. The first-order valence-electron chi connectivity index (χ1n) is 6.94. The molecular formula is C17H17F2N3. The maximum absolute atomic E-state index is 13.8. The van der Waals surface area contributed by atoms with Gasteiger partial charge in [0.25, 0.3) is 0 Å². The van der Waals surface area contributed by atoms with E-state index in [1.54, 1.807) is 6.07 Å². The van der Waals surface area contributed by atoms with Gasteiger partial charge in [-0.15, -0.1) is 0 Å². The summed E-state index contributed by atoms with van der Waals surface area (Å²) in [6.07, 6.45) is 0. The van der Waals surface area contributed by atoms with Crippen molar-refractivity contribution in [3.63, 3.8) is 0 Å². The zero-order chi connectivity index (χ0) is 16.1. The van der Waals surface area contributed by atoms with Gasteiger partial charge in [0.05, 0.1) is 11.6 Å². The monoisotopic (exact) mass is 301 g/mol. The quantitative estimate of drug-likeness (QED) is 0.913. The molecule has 1 N–H and O–H groups in total. The van der Waals surface area contributed by atoms with Gasteiger partial charge in [0, 0.05) is 25.3 Å². The van der Waals surface area contributed by atoms with Crippen LogP contribution < -0.4 is 10.2 Å². The maximum Gasteiger partial charge on any atom is 0.150 e. The van der Waals surface area contributed by atoms with Gasteiger partial charge in [-0.25, -0.2) is 8.78 Å². The number of anilines is 2. The Morgan fingerprint density at radius 2 is 1.77 bits per heavy atom. The predicted molar refractivity (Wildman–Crippen MR) is 83.9 cm³/mol. The van der Waals surface area contributed by atoms with Gasteiger partial charge in [0.15, 0.2) is 11.6 Å². The van der Waals surface area contributed by atoms with E-state index in [0.29, 0.717) is 6.54 Å². The van der Waals surface area contributed by atoms with Crippen LogP contribution in [0.3, 0.4) is 0 Å². The summed E-state index contributed by atoms with van der Waals surface area (Å²) in [6, 6.07) is 13.5. The molecule has 0 aliphatic rings. The number of halogens is 2. The van der Waals surface area contributed by atoms with Gasteiger partial charge in [-0.3, -0.25) is 0 Å². The fourth-order valence-corrected chi connectivity index (χ4v) is 2.11. The standard InChI is InChI=1S/C17H17F2N3/c1-12(22(2)14-6-4-3-5-7-14)11-21-17-15(18)8-13(10-20)9-16(17)19/h3-9,12,21H,11H2,1-2H3. The molecule has 0 saturated heterocycles. The van der Waals surface area contributed by atoms with Crippen molar-refractivity contribution in [1.82, 2.24) is 0 Å². The average molecular weight is 301 g/mol. The lowest BCUT2D eigenvalue weighted by atomic mass is 10.2. The summed E-state index contributed by atoms with van der Waals surface area (Å²) in [5.74, 6) is -1.52. The number of likely N-dealkylation sites (N-methyl/N-ethyl adjacent to an activating group) is 1. The molecule has 0 radical (unpaired) electrons. The highest BCUT2D eigenvalue weighted by Gasteiger charge is 2.14. The van der Waals surface area contributed by atoms with Crippen molar-refractivity contribution in [2.24, 2.45) is 0 Å². The second kappa shape index (κ2) is 6.90. The molecule has 22 heavy (non-hydrogen) atoms. The molecule has 2 rings (SSSR count). The highest BCUT2D eigenvalue weighted by molar-refractivity contribution is 5.51. The first-order valence-corrected chi connectivity index (χ1v) is 6.94. The number of rotatable bonds is 5. The van der Waals surface area contributed by atoms with Crippen molar-refractivity contribution in [2.75, 3.05) is 23.8 Å². The van der Waals surface area contributed by atoms with Gasteiger partial charge in [-0.05, 0) is 31.2 Å². The summed E-state index contributed by atoms with van der Waals surface area (Å²) >= 11 is 0. The van der Waals surface area contributed by atoms with Crippen LogP contribution in [-0.4, -0.2) is 19.6 Å². The molecule has 0 aromatic heterocycles. The van der Waals surface area contributed by atoms with Gasteiger partial charge in [-0.2, -0.15) is 5.26 Å². The van der Waals surface area contributed by atoms with E-state index in [-0.39, 0.29) is 17.3 Å². The summed E-state index contributed by atoms with van der Waals surface area (Å²) in [4.78, 5) is 2.02. The number of hydrogen-bond donors (Lipinski definition) is 1. The topological polar surface area (TPSA) is 39.1 Å². The Balaban J connectivity index is 2.06. The Morgan fingerprint density at radius 3 is 2.32 bits per heavy atom. The number of nitrogens with one attached hydrogen (secondary N) is 1. The lowest BCUT2D eigenvalue weighted by Gasteiger charge is -2.27. The third kappa shape index (κ3) is 3.53. The van der Waals surface area contributed by atoms with Crippen LogP contribution in [0.25, 0.3) is 0 Å². The summed E-state index contributed by atoms with van der Waals surface area (Å²) in [6.45, 7) is 2.32. The number of hydrogen-bond acceptors (Lipinski definition) is 3. The van der Waals surface area contributed by atoms with Crippen molar-refractivity contribution >= 4 is 11.4 Å². The molecule has 0 bridgehead atoms. The zero-order valence-electron chi connectivity index (χ0n) is 12.5. The van der Waals surface area contributed by atoms with Crippen molar-refractivity contribution in [1.29, 1.82) is 5.26 Å². The first-order chi connectivity index (χ1) is 10.5. The van der Waals surface area contributed by atoms with Crippen LogP contribution in [0.2, 0.25) is 0 Å². The lowest BCUT2D eigenvalue weighted by Crippen LogP contribution is -2.35. The number of nitrogens with zero attached hydrogens (tertiary/aromatic N) is 2. The van der Waals surface area contributed by atoms with E-state index < -0.39 is 11.6 Å². The van der Waals surface area contributed by atoms with Crippen LogP contribution in [0.5, 0.6) is 0 Å². The lowest BCUT2D eigenvalue weighted by molar-refractivity contribution is 0.584. The van der Waals surface area contributed by atoms with E-state index in [1.807, 2.05) is 49.2 Å². The van der Waals surface area contributed by atoms with E-state index in [2.05, 4.69) is 5.32 Å².